The highest BCUT2D eigenvalue weighted by Gasteiger charge is 2.18. The minimum absolute atomic E-state index is 0. The van der Waals surface area contributed by atoms with Crippen LogP contribution in [0.15, 0.2) is 23.6 Å². The summed E-state index contributed by atoms with van der Waals surface area (Å²) in [5.41, 5.74) is 4.54. The Morgan fingerprint density at radius 1 is 1.39 bits per heavy atom. The average Bonchev–Trinajstić information content (AvgIpc) is 3.13. The second kappa shape index (κ2) is 7.90. The first-order valence-electron chi connectivity index (χ1n) is 7.68. The number of hydrogen-bond acceptors (Lipinski definition) is 4. The molecule has 0 aliphatic carbocycles. The second-order valence-corrected chi connectivity index (χ2v) is 6.74. The number of anilines is 1. The van der Waals surface area contributed by atoms with E-state index in [1.807, 2.05) is 5.38 Å². The largest absolute Gasteiger partial charge is 0.313 e. The van der Waals surface area contributed by atoms with Crippen molar-refractivity contribution in [3.8, 4) is 11.3 Å². The summed E-state index contributed by atoms with van der Waals surface area (Å²) in [5, 5.41) is 8.92. The van der Waals surface area contributed by atoms with Gasteiger partial charge in [0.25, 0.3) is 0 Å². The predicted molar refractivity (Wildman–Crippen MR) is 98.5 cm³/mol. The van der Waals surface area contributed by atoms with Gasteiger partial charge in [0, 0.05) is 23.4 Å². The molecule has 1 atom stereocenters. The first-order valence-corrected chi connectivity index (χ1v) is 8.56. The van der Waals surface area contributed by atoms with Gasteiger partial charge in [-0.3, -0.25) is 4.79 Å². The van der Waals surface area contributed by atoms with Crippen LogP contribution < -0.4 is 10.6 Å². The molecule has 0 bridgehead atoms. The lowest BCUT2D eigenvalue weighted by molar-refractivity contribution is -0.116. The normalized spacial score (nSPS) is 16.9. The summed E-state index contributed by atoms with van der Waals surface area (Å²) in [6, 6.07) is 6.64. The number of hydrogen-bond donors (Lipinski definition) is 2. The number of nitrogens with one attached hydrogen (secondary N) is 2. The third-order valence-corrected chi connectivity index (χ3v) is 4.91. The van der Waals surface area contributed by atoms with Crippen molar-refractivity contribution in [2.24, 2.45) is 0 Å². The van der Waals surface area contributed by atoms with Crippen LogP contribution in [0.5, 0.6) is 0 Å². The van der Waals surface area contributed by atoms with Crippen molar-refractivity contribution in [1.82, 2.24) is 10.3 Å². The van der Waals surface area contributed by atoms with Crippen LogP contribution in [-0.4, -0.2) is 23.5 Å². The van der Waals surface area contributed by atoms with Gasteiger partial charge in [0.1, 0.15) is 0 Å². The lowest BCUT2D eigenvalue weighted by atomic mass is 10.1. The minimum Gasteiger partial charge on any atom is -0.313 e. The summed E-state index contributed by atoms with van der Waals surface area (Å²) in [4.78, 5) is 16.6. The van der Waals surface area contributed by atoms with Gasteiger partial charge in [0.15, 0.2) is 5.13 Å². The average molecular weight is 352 g/mol. The van der Waals surface area contributed by atoms with E-state index >= 15 is 0 Å². The molecule has 3 rings (SSSR count). The van der Waals surface area contributed by atoms with E-state index in [4.69, 9.17) is 0 Å². The van der Waals surface area contributed by atoms with E-state index in [9.17, 15) is 4.79 Å². The van der Waals surface area contributed by atoms with Gasteiger partial charge in [-0.05, 0) is 50.4 Å². The van der Waals surface area contributed by atoms with Gasteiger partial charge in [0.05, 0.1) is 5.69 Å². The summed E-state index contributed by atoms with van der Waals surface area (Å²) in [5.74, 6) is 0.0420. The monoisotopic (exact) mass is 351 g/mol. The van der Waals surface area contributed by atoms with Gasteiger partial charge in [-0.1, -0.05) is 12.1 Å². The van der Waals surface area contributed by atoms with Crippen molar-refractivity contribution in [1.29, 1.82) is 0 Å². The highest BCUT2D eigenvalue weighted by molar-refractivity contribution is 7.14. The van der Waals surface area contributed by atoms with E-state index in [0.717, 1.165) is 30.6 Å². The van der Waals surface area contributed by atoms with Crippen molar-refractivity contribution in [2.75, 3.05) is 11.9 Å². The molecule has 23 heavy (non-hydrogen) atoms. The van der Waals surface area contributed by atoms with Gasteiger partial charge >= 0.3 is 0 Å². The molecular formula is C17H22ClN3OS. The van der Waals surface area contributed by atoms with Crippen LogP contribution in [-0.2, 0) is 4.79 Å². The SMILES string of the molecule is Cc1ccc(-c2csc(NC(=O)CC3CCCN3)n2)cc1C.Cl. The van der Waals surface area contributed by atoms with Crippen LogP contribution in [0.3, 0.4) is 0 Å². The number of nitrogens with zero attached hydrogens (tertiary/aromatic N) is 1. The summed E-state index contributed by atoms with van der Waals surface area (Å²) in [6.07, 6.45) is 2.77. The Hall–Kier alpha value is -1.43. The van der Waals surface area contributed by atoms with Crippen LogP contribution in [0.2, 0.25) is 0 Å². The molecule has 1 aromatic heterocycles. The fraction of sp³-hybridized carbons (Fsp3) is 0.412. The standard InChI is InChI=1S/C17H21N3OS.ClH/c1-11-5-6-13(8-12(11)2)15-10-22-17(19-15)20-16(21)9-14-4-3-7-18-14;/h5-6,8,10,14,18H,3-4,7,9H2,1-2H3,(H,19,20,21);1H. The van der Waals surface area contributed by atoms with Crippen molar-refractivity contribution in [3.05, 3.63) is 34.7 Å². The quantitative estimate of drug-likeness (QED) is 0.877. The molecular weight excluding hydrogens is 330 g/mol. The summed E-state index contributed by atoms with van der Waals surface area (Å²) < 4.78 is 0. The Morgan fingerprint density at radius 2 is 2.22 bits per heavy atom. The van der Waals surface area contributed by atoms with Crippen molar-refractivity contribution in [3.63, 3.8) is 0 Å². The number of carbonyl (C=O) groups is 1. The fourth-order valence-corrected chi connectivity index (χ4v) is 3.43. The summed E-state index contributed by atoms with van der Waals surface area (Å²) >= 11 is 1.48. The zero-order chi connectivity index (χ0) is 15.5. The third-order valence-electron chi connectivity index (χ3n) is 4.15. The Morgan fingerprint density at radius 3 is 2.91 bits per heavy atom. The molecule has 6 heteroatoms. The first kappa shape index (κ1) is 17.9. The highest BCUT2D eigenvalue weighted by atomic mass is 35.5. The zero-order valence-electron chi connectivity index (χ0n) is 13.4. The third kappa shape index (κ3) is 4.53. The smallest absolute Gasteiger partial charge is 0.227 e. The number of thiazole rings is 1. The molecule has 0 saturated carbocycles. The van der Waals surface area contributed by atoms with Gasteiger partial charge < -0.3 is 10.6 Å². The molecule has 4 nitrogen and oxygen atoms in total. The van der Waals surface area contributed by atoms with Crippen LogP contribution in [0.1, 0.15) is 30.4 Å². The predicted octanol–water partition coefficient (Wildman–Crippen LogP) is 3.93. The molecule has 1 saturated heterocycles. The summed E-state index contributed by atoms with van der Waals surface area (Å²) in [7, 11) is 0. The van der Waals surface area contributed by atoms with Crippen molar-refractivity contribution < 1.29 is 4.79 Å². The molecule has 1 aliphatic heterocycles. The Balaban J connectivity index is 0.00000192. The van der Waals surface area contributed by atoms with E-state index in [0.29, 0.717) is 17.6 Å². The van der Waals surface area contributed by atoms with Crippen LogP contribution in [0.4, 0.5) is 5.13 Å². The lowest BCUT2D eigenvalue weighted by Crippen LogP contribution is -2.27. The van der Waals surface area contributed by atoms with Gasteiger partial charge in [-0.25, -0.2) is 4.98 Å². The molecule has 1 fully saturated rings. The fourth-order valence-electron chi connectivity index (χ4n) is 2.69. The van der Waals surface area contributed by atoms with E-state index in [1.165, 1.54) is 22.5 Å². The number of aromatic nitrogens is 1. The molecule has 1 aromatic carbocycles. The second-order valence-electron chi connectivity index (χ2n) is 5.88. The Bertz CT molecular complexity index is 680. The molecule has 1 aliphatic rings. The first-order chi connectivity index (χ1) is 10.6. The van der Waals surface area contributed by atoms with Gasteiger partial charge in [-0.15, -0.1) is 23.7 Å². The number of rotatable bonds is 4. The molecule has 0 radical (unpaired) electrons. The molecule has 1 amide bonds. The molecule has 124 valence electrons. The number of amides is 1. The molecule has 2 heterocycles. The molecule has 2 N–H and O–H groups in total. The molecule has 1 unspecified atom stereocenters. The lowest BCUT2D eigenvalue weighted by Gasteiger charge is -2.08. The van der Waals surface area contributed by atoms with E-state index in [1.54, 1.807) is 0 Å². The van der Waals surface area contributed by atoms with E-state index in [2.05, 4.69) is 47.7 Å². The number of benzene rings is 1. The maximum absolute atomic E-state index is 12.0. The number of halogens is 1. The number of aryl methyl sites for hydroxylation is 2. The Kier molecular flexibility index (Phi) is 6.16. The topological polar surface area (TPSA) is 54.0 Å². The van der Waals surface area contributed by atoms with Crippen molar-refractivity contribution in [2.45, 2.75) is 39.2 Å². The van der Waals surface area contributed by atoms with Crippen LogP contribution in [0, 0.1) is 13.8 Å². The van der Waals surface area contributed by atoms with Crippen LogP contribution >= 0.6 is 23.7 Å². The van der Waals surface area contributed by atoms with Crippen LogP contribution in [0.25, 0.3) is 11.3 Å². The van der Waals surface area contributed by atoms with Gasteiger partial charge in [0.2, 0.25) is 5.91 Å². The van der Waals surface area contributed by atoms with Crippen molar-refractivity contribution >= 4 is 34.8 Å². The summed E-state index contributed by atoms with van der Waals surface area (Å²) in [6.45, 7) is 5.22. The number of carbonyl (C=O) groups excluding carboxylic acids is 1. The maximum atomic E-state index is 12.0. The maximum Gasteiger partial charge on any atom is 0.227 e. The minimum atomic E-state index is 0. The van der Waals surface area contributed by atoms with E-state index in [-0.39, 0.29) is 18.3 Å². The highest BCUT2D eigenvalue weighted by Crippen LogP contribution is 2.26. The Labute approximate surface area is 147 Å². The molecule has 0 spiro atoms. The molecule has 2 aromatic rings. The van der Waals surface area contributed by atoms with Gasteiger partial charge in [-0.2, -0.15) is 0 Å². The van der Waals surface area contributed by atoms with E-state index < -0.39 is 0 Å². The zero-order valence-corrected chi connectivity index (χ0v) is 15.0.